The first-order valence-electron chi connectivity index (χ1n) is 5.77. The van der Waals surface area contributed by atoms with Crippen LogP contribution in [-0.2, 0) is 11.8 Å². The van der Waals surface area contributed by atoms with Crippen LogP contribution in [-0.4, -0.2) is 5.11 Å². The Morgan fingerprint density at radius 3 is 1.63 bits per heavy atom. The maximum absolute atomic E-state index is 12.5. The summed E-state index contributed by atoms with van der Waals surface area (Å²) in [6.07, 6.45) is -4.36. The van der Waals surface area contributed by atoms with E-state index in [-0.39, 0.29) is 0 Å². The van der Waals surface area contributed by atoms with Crippen molar-refractivity contribution in [3.05, 3.63) is 71.3 Å². The average molecular weight is 266 g/mol. The van der Waals surface area contributed by atoms with Crippen molar-refractivity contribution >= 4 is 0 Å². The van der Waals surface area contributed by atoms with Crippen LogP contribution in [0.15, 0.2) is 54.6 Å². The molecule has 0 aliphatic heterocycles. The highest BCUT2D eigenvalue weighted by Crippen LogP contribution is 2.33. The molecule has 0 amide bonds. The molecule has 2 rings (SSSR count). The van der Waals surface area contributed by atoms with E-state index in [1.54, 1.807) is 31.2 Å². The number of rotatable bonds is 2. The van der Waals surface area contributed by atoms with E-state index in [2.05, 4.69) is 0 Å². The van der Waals surface area contributed by atoms with Crippen molar-refractivity contribution in [3.63, 3.8) is 0 Å². The molecule has 0 heterocycles. The molecule has 0 spiro atoms. The molecule has 0 unspecified atom stereocenters. The van der Waals surface area contributed by atoms with Gasteiger partial charge in [0, 0.05) is 0 Å². The fourth-order valence-electron chi connectivity index (χ4n) is 1.91. The third-order valence-electron chi connectivity index (χ3n) is 3.11. The van der Waals surface area contributed by atoms with E-state index in [1.807, 2.05) is 6.07 Å². The van der Waals surface area contributed by atoms with Gasteiger partial charge in [-0.1, -0.05) is 42.5 Å². The van der Waals surface area contributed by atoms with Gasteiger partial charge in [-0.25, -0.2) is 0 Å². The first-order chi connectivity index (χ1) is 8.82. The zero-order chi connectivity index (χ0) is 14.1. The highest BCUT2D eigenvalue weighted by atomic mass is 19.4. The minimum Gasteiger partial charge on any atom is -0.381 e. The van der Waals surface area contributed by atoms with Gasteiger partial charge in [0.1, 0.15) is 5.60 Å². The van der Waals surface area contributed by atoms with Crippen LogP contribution in [0, 0.1) is 0 Å². The van der Waals surface area contributed by atoms with Crippen molar-refractivity contribution in [2.75, 3.05) is 0 Å². The molecule has 100 valence electrons. The van der Waals surface area contributed by atoms with Gasteiger partial charge in [0.2, 0.25) is 0 Å². The van der Waals surface area contributed by atoms with Crippen molar-refractivity contribution in [1.82, 2.24) is 0 Å². The molecular weight excluding hydrogens is 253 g/mol. The zero-order valence-corrected chi connectivity index (χ0v) is 10.3. The van der Waals surface area contributed by atoms with Crippen molar-refractivity contribution < 1.29 is 18.3 Å². The van der Waals surface area contributed by atoms with Gasteiger partial charge in [0.05, 0.1) is 5.56 Å². The maximum atomic E-state index is 12.5. The molecule has 19 heavy (non-hydrogen) atoms. The molecule has 0 saturated heterocycles. The van der Waals surface area contributed by atoms with Crippen LogP contribution in [0.1, 0.15) is 23.6 Å². The van der Waals surface area contributed by atoms with E-state index in [4.69, 9.17) is 0 Å². The summed E-state index contributed by atoms with van der Waals surface area (Å²) < 4.78 is 37.4. The lowest BCUT2D eigenvalue weighted by molar-refractivity contribution is -0.137. The molecule has 0 aliphatic carbocycles. The predicted molar refractivity (Wildman–Crippen MR) is 66.6 cm³/mol. The Labute approximate surface area is 109 Å². The van der Waals surface area contributed by atoms with E-state index in [0.29, 0.717) is 11.1 Å². The van der Waals surface area contributed by atoms with Gasteiger partial charge >= 0.3 is 6.18 Å². The van der Waals surface area contributed by atoms with Crippen LogP contribution < -0.4 is 0 Å². The number of hydrogen-bond acceptors (Lipinski definition) is 1. The molecule has 1 N–H and O–H groups in total. The van der Waals surface area contributed by atoms with Crippen LogP contribution in [0.2, 0.25) is 0 Å². The van der Waals surface area contributed by atoms with Gasteiger partial charge in [0.25, 0.3) is 0 Å². The smallest absolute Gasteiger partial charge is 0.381 e. The molecule has 0 saturated carbocycles. The Morgan fingerprint density at radius 1 is 0.737 bits per heavy atom. The van der Waals surface area contributed by atoms with Crippen LogP contribution >= 0.6 is 0 Å². The first kappa shape index (κ1) is 13.6. The van der Waals surface area contributed by atoms with Crippen molar-refractivity contribution in [3.8, 4) is 0 Å². The summed E-state index contributed by atoms with van der Waals surface area (Å²) in [5.74, 6) is 0. The van der Waals surface area contributed by atoms with E-state index in [1.165, 1.54) is 12.1 Å². The summed E-state index contributed by atoms with van der Waals surface area (Å²) in [4.78, 5) is 0. The van der Waals surface area contributed by atoms with Crippen molar-refractivity contribution in [2.24, 2.45) is 0 Å². The summed E-state index contributed by atoms with van der Waals surface area (Å²) in [6, 6.07) is 13.4. The normalized spacial score (nSPS) is 15.0. The molecule has 0 aromatic heterocycles. The number of alkyl halides is 3. The van der Waals surface area contributed by atoms with Gasteiger partial charge in [-0.3, -0.25) is 0 Å². The molecule has 4 heteroatoms. The quantitative estimate of drug-likeness (QED) is 0.872. The van der Waals surface area contributed by atoms with Crippen LogP contribution in [0.5, 0.6) is 0 Å². The number of aliphatic hydroxyl groups is 1. The van der Waals surface area contributed by atoms with Crippen LogP contribution in [0.4, 0.5) is 13.2 Å². The summed E-state index contributed by atoms with van der Waals surface area (Å²) >= 11 is 0. The van der Waals surface area contributed by atoms with Gasteiger partial charge in [-0.2, -0.15) is 13.2 Å². The second-order valence-corrected chi connectivity index (χ2v) is 4.51. The highest BCUT2D eigenvalue weighted by Gasteiger charge is 2.31. The lowest BCUT2D eigenvalue weighted by Gasteiger charge is -2.24. The number of benzene rings is 2. The van der Waals surface area contributed by atoms with Crippen LogP contribution in [0.3, 0.4) is 0 Å². The third kappa shape index (κ3) is 2.79. The molecule has 1 nitrogen and oxygen atoms in total. The number of halogens is 3. The molecule has 1 atom stereocenters. The van der Waals surface area contributed by atoms with Crippen LogP contribution in [0.25, 0.3) is 0 Å². The maximum Gasteiger partial charge on any atom is 0.416 e. The standard InChI is InChI=1S/C15H13F3O/c1-14(19,11-5-3-2-4-6-11)12-7-9-13(10-8-12)15(16,17)18/h2-10,19H,1H3/t14-/m0/s1. The van der Waals surface area contributed by atoms with Gasteiger partial charge < -0.3 is 5.11 Å². The Balaban J connectivity index is 2.37. The monoisotopic (exact) mass is 266 g/mol. The highest BCUT2D eigenvalue weighted by molar-refractivity contribution is 5.36. The van der Waals surface area contributed by atoms with Gasteiger partial charge in [-0.05, 0) is 30.2 Å². The molecule has 2 aromatic rings. The molecule has 0 aliphatic rings. The summed E-state index contributed by atoms with van der Waals surface area (Å²) in [5, 5.41) is 10.5. The SMILES string of the molecule is C[C@](O)(c1ccccc1)c1ccc(C(F)(F)F)cc1. The van der Waals surface area contributed by atoms with Crippen molar-refractivity contribution in [1.29, 1.82) is 0 Å². The van der Waals surface area contributed by atoms with Gasteiger partial charge in [0.15, 0.2) is 0 Å². The Bertz CT molecular complexity index is 542. The minimum absolute atomic E-state index is 0.423. The predicted octanol–water partition coefficient (Wildman–Crippen LogP) is 3.96. The first-order valence-corrected chi connectivity index (χ1v) is 5.77. The second-order valence-electron chi connectivity index (χ2n) is 4.51. The summed E-state index contributed by atoms with van der Waals surface area (Å²) in [6.45, 7) is 1.56. The lowest BCUT2D eigenvalue weighted by atomic mass is 9.88. The number of hydrogen-bond donors (Lipinski definition) is 1. The molecule has 0 bridgehead atoms. The Hall–Kier alpha value is -1.81. The minimum atomic E-state index is -4.36. The van der Waals surface area contributed by atoms with E-state index in [0.717, 1.165) is 12.1 Å². The van der Waals surface area contributed by atoms with E-state index < -0.39 is 17.3 Å². The summed E-state index contributed by atoms with van der Waals surface area (Å²) in [5.41, 5.74) is -0.979. The van der Waals surface area contributed by atoms with Crippen molar-refractivity contribution in [2.45, 2.75) is 18.7 Å². The average Bonchev–Trinajstić information content (AvgIpc) is 2.39. The molecule has 0 fully saturated rings. The largest absolute Gasteiger partial charge is 0.416 e. The Kier molecular flexibility index (Phi) is 3.37. The third-order valence-corrected chi connectivity index (χ3v) is 3.11. The summed E-state index contributed by atoms with van der Waals surface area (Å²) in [7, 11) is 0. The topological polar surface area (TPSA) is 20.2 Å². The second kappa shape index (κ2) is 4.70. The Morgan fingerprint density at radius 2 is 1.16 bits per heavy atom. The fraction of sp³-hybridized carbons (Fsp3) is 0.200. The molecule has 2 aromatic carbocycles. The lowest BCUT2D eigenvalue weighted by Crippen LogP contribution is -2.22. The molecule has 0 radical (unpaired) electrons. The zero-order valence-electron chi connectivity index (χ0n) is 10.3. The van der Waals surface area contributed by atoms with E-state index >= 15 is 0 Å². The van der Waals surface area contributed by atoms with E-state index in [9.17, 15) is 18.3 Å². The van der Waals surface area contributed by atoms with Gasteiger partial charge in [-0.15, -0.1) is 0 Å². The fourth-order valence-corrected chi connectivity index (χ4v) is 1.91. The molecular formula is C15H13F3O.